The molecule has 0 unspecified atom stereocenters. The molecular formula is C26H33FN2O3. The molecule has 0 aromatic heterocycles. The van der Waals surface area contributed by atoms with Crippen LogP contribution in [0, 0.1) is 5.82 Å². The van der Waals surface area contributed by atoms with Crippen LogP contribution in [0.1, 0.15) is 56.6 Å². The van der Waals surface area contributed by atoms with E-state index in [9.17, 15) is 14.0 Å². The van der Waals surface area contributed by atoms with Crippen LogP contribution in [0.5, 0.6) is 5.75 Å². The predicted molar refractivity (Wildman–Crippen MR) is 123 cm³/mol. The van der Waals surface area contributed by atoms with E-state index in [1.165, 1.54) is 18.6 Å². The molecule has 2 aromatic carbocycles. The van der Waals surface area contributed by atoms with Crippen LogP contribution in [0.2, 0.25) is 0 Å². The first-order chi connectivity index (χ1) is 15.5. The molecule has 1 fully saturated rings. The first kappa shape index (κ1) is 23.8. The summed E-state index contributed by atoms with van der Waals surface area (Å²) in [5.41, 5.74) is 1.61. The van der Waals surface area contributed by atoms with Crippen LogP contribution in [0.15, 0.2) is 48.5 Å². The van der Waals surface area contributed by atoms with Crippen LogP contribution in [0.3, 0.4) is 0 Å². The summed E-state index contributed by atoms with van der Waals surface area (Å²) in [5.74, 6) is 0.0979. The number of amides is 2. The van der Waals surface area contributed by atoms with E-state index in [1.54, 1.807) is 24.1 Å². The van der Waals surface area contributed by atoms with Crippen molar-refractivity contribution in [2.24, 2.45) is 0 Å². The van der Waals surface area contributed by atoms with Crippen LogP contribution >= 0.6 is 0 Å². The lowest BCUT2D eigenvalue weighted by atomic mass is 9.95. The third-order valence-corrected chi connectivity index (χ3v) is 6.09. The van der Waals surface area contributed by atoms with Crippen molar-refractivity contribution in [1.29, 1.82) is 0 Å². The molecule has 0 spiro atoms. The van der Waals surface area contributed by atoms with Gasteiger partial charge in [-0.25, -0.2) is 4.39 Å². The van der Waals surface area contributed by atoms with Crippen molar-refractivity contribution in [2.75, 3.05) is 7.11 Å². The summed E-state index contributed by atoms with van der Waals surface area (Å²) in [6.45, 7) is 2.22. The minimum atomic E-state index is -0.573. The highest BCUT2D eigenvalue weighted by atomic mass is 19.1. The van der Waals surface area contributed by atoms with Gasteiger partial charge in [-0.15, -0.1) is 0 Å². The van der Waals surface area contributed by atoms with Crippen LogP contribution in [-0.4, -0.2) is 35.9 Å². The summed E-state index contributed by atoms with van der Waals surface area (Å²) >= 11 is 0. The zero-order chi connectivity index (χ0) is 22.9. The second kappa shape index (κ2) is 11.7. The molecule has 6 heteroatoms. The molecule has 0 heterocycles. The van der Waals surface area contributed by atoms with Crippen LogP contribution in [-0.2, 0) is 22.6 Å². The average molecular weight is 441 g/mol. The second-order valence-corrected chi connectivity index (χ2v) is 8.44. The topological polar surface area (TPSA) is 58.6 Å². The number of hydrogen-bond donors (Lipinski definition) is 1. The Morgan fingerprint density at radius 2 is 1.81 bits per heavy atom. The number of carbonyl (C=O) groups excluding carboxylic acids is 2. The molecule has 5 nitrogen and oxygen atoms in total. The van der Waals surface area contributed by atoms with Crippen molar-refractivity contribution in [3.8, 4) is 5.75 Å². The van der Waals surface area contributed by atoms with Gasteiger partial charge in [0.05, 0.1) is 13.5 Å². The number of ether oxygens (including phenoxy) is 1. The Morgan fingerprint density at radius 3 is 2.47 bits per heavy atom. The van der Waals surface area contributed by atoms with E-state index in [0.717, 1.165) is 36.8 Å². The molecule has 172 valence electrons. The monoisotopic (exact) mass is 440 g/mol. The van der Waals surface area contributed by atoms with Crippen molar-refractivity contribution < 1.29 is 18.7 Å². The van der Waals surface area contributed by atoms with Crippen molar-refractivity contribution in [3.05, 3.63) is 65.5 Å². The number of nitrogens with one attached hydrogen (secondary N) is 1. The molecule has 2 aromatic rings. The lowest BCUT2D eigenvalue weighted by Crippen LogP contribution is -2.51. The Balaban J connectivity index is 1.81. The maximum Gasteiger partial charge on any atom is 0.243 e. The van der Waals surface area contributed by atoms with E-state index >= 15 is 0 Å². The third kappa shape index (κ3) is 6.55. The Morgan fingerprint density at radius 1 is 1.09 bits per heavy atom. The summed E-state index contributed by atoms with van der Waals surface area (Å²) < 4.78 is 18.6. The normalized spacial score (nSPS) is 15.1. The zero-order valence-electron chi connectivity index (χ0n) is 19.0. The molecule has 1 saturated carbocycles. The minimum Gasteiger partial charge on any atom is -0.497 e. The van der Waals surface area contributed by atoms with Crippen LogP contribution in [0.4, 0.5) is 4.39 Å². The van der Waals surface area contributed by atoms with Gasteiger partial charge in [-0.1, -0.05) is 50.5 Å². The smallest absolute Gasteiger partial charge is 0.243 e. The van der Waals surface area contributed by atoms with E-state index in [0.29, 0.717) is 18.7 Å². The fourth-order valence-corrected chi connectivity index (χ4v) is 4.31. The third-order valence-electron chi connectivity index (χ3n) is 6.09. The predicted octanol–water partition coefficient (Wildman–Crippen LogP) is 4.63. The first-order valence-corrected chi connectivity index (χ1v) is 11.5. The van der Waals surface area contributed by atoms with Crippen LogP contribution < -0.4 is 10.1 Å². The number of rotatable bonds is 9. The van der Waals surface area contributed by atoms with Crippen molar-refractivity contribution in [3.63, 3.8) is 0 Å². The number of nitrogens with zero attached hydrogens (tertiary/aromatic N) is 1. The number of carbonyl (C=O) groups is 2. The van der Waals surface area contributed by atoms with Gasteiger partial charge >= 0.3 is 0 Å². The Kier molecular flexibility index (Phi) is 8.65. The molecule has 1 N–H and O–H groups in total. The van der Waals surface area contributed by atoms with Gasteiger partial charge in [-0.2, -0.15) is 0 Å². The fourth-order valence-electron chi connectivity index (χ4n) is 4.31. The summed E-state index contributed by atoms with van der Waals surface area (Å²) in [4.78, 5) is 28.2. The highest BCUT2D eigenvalue weighted by Gasteiger charge is 2.30. The molecule has 0 aliphatic heterocycles. The van der Waals surface area contributed by atoms with Gasteiger partial charge in [0.25, 0.3) is 0 Å². The van der Waals surface area contributed by atoms with E-state index < -0.39 is 6.04 Å². The van der Waals surface area contributed by atoms with Gasteiger partial charge in [0, 0.05) is 12.6 Å². The molecule has 1 aliphatic rings. The van der Waals surface area contributed by atoms with E-state index in [4.69, 9.17) is 4.74 Å². The highest BCUT2D eigenvalue weighted by Crippen LogP contribution is 2.21. The first-order valence-electron chi connectivity index (χ1n) is 11.5. The SMILES string of the molecule is CC[C@@H](C(=O)NC1CCCCC1)N(Cc1cccc(OC)c1)C(=O)Cc1ccc(F)cc1. The van der Waals surface area contributed by atoms with E-state index in [2.05, 4.69) is 5.32 Å². The van der Waals surface area contributed by atoms with Gasteiger partial charge in [0.2, 0.25) is 11.8 Å². The number of benzene rings is 2. The quantitative estimate of drug-likeness (QED) is 0.618. The van der Waals surface area contributed by atoms with Gasteiger partial charge < -0.3 is 15.0 Å². The van der Waals surface area contributed by atoms with Crippen molar-refractivity contribution in [2.45, 2.75) is 70.5 Å². The average Bonchev–Trinajstić information content (AvgIpc) is 2.81. The van der Waals surface area contributed by atoms with Crippen molar-refractivity contribution >= 4 is 11.8 Å². The zero-order valence-corrected chi connectivity index (χ0v) is 19.0. The lowest BCUT2D eigenvalue weighted by Gasteiger charge is -2.33. The summed E-state index contributed by atoms with van der Waals surface area (Å²) in [6, 6.07) is 13.1. The largest absolute Gasteiger partial charge is 0.497 e. The summed E-state index contributed by atoms with van der Waals surface area (Å²) in [5, 5.41) is 3.18. The number of hydrogen-bond acceptors (Lipinski definition) is 3. The Hall–Kier alpha value is -2.89. The molecule has 0 saturated heterocycles. The maximum absolute atomic E-state index is 13.4. The van der Waals surface area contributed by atoms with E-state index in [-0.39, 0.29) is 30.1 Å². The fraction of sp³-hybridized carbons (Fsp3) is 0.462. The van der Waals surface area contributed by atoms with Crippen molar-refractivity contribution in [1.82, 2.24) is 10.2 Å². The number of methoxy groups -OCH3 is 1. The molecule has 0 radical (unpaired) electrons. The molecule has 2 amide bonds. The minimum absolute atomic E-state index is 0.102. The number of halogens is 1. The van der Waals surface area contributed by atoms with E-state index in [1.807, 2.05) is 31.2 Å². The van der Waals surface area contributed by atoms with Gasteiger partial charge in [0.1, 0.15) is 17.6 Å². The lowest BCUT2D eigenvalue weighted by molar-refractivity contribution is -0.141. The Labute approximate surface area is 190 Å². The summed E-state index contributed by atoms with van der Waals surface area (Å²) in [6.07, 6.45) is 6.05. The molecule has 32 heavy (non-hydrogen) atoms. The Bertz CT molecular complexity index is 894. The maximum atomic E-state index is 13.4. The second-order valence-electron chi connectivity index (χ2n) is 8.44. The van der Waals surface area contributed by atoms with Gasteiger partial charge in [-0.05, 0) is 54.7 Å². The van der Waals surface area contributed by atoms with Gasteiger partial charge in [0.15, 0.2) is 0 Å². The molecule has 1 aliphatic carbocycles. The van der Waals surface area contributed by atoms with Gasteiger partial charge in [-0.3, -0.25) is 9.59 Å². The summed E-state index contributed by atoms with van der Waals surface area (Å²) in [7, 11) is 1.60. The van der Waals surface area contributed by atoms with Crippen LogP contribution in [0.25, 0.3) is 0 Å². The molecular weight excluding hydrogens is 407 g/mol. The molecule has 0 bridgehead atoms. The standard InChI is InChI=1S/C26H33FN2O3/c1-3-24(26(31)28-22-9-5-4-6-10-22)29(18-20-8-7-11-23(16-20)32-2)25(30)17-19-12-14-21(27)15-13-19/h7-8,11-16,22,24H,3-6,9-10,17-18H2,1-2H3,(H,28,31)/t24-/m0/s1. The highest BCUT2D eigenvalue weighted by molar-refractivity contribution is 5.88. The molecule has 3 rings (SSSR count). The molecule has 1 atom stereocenters.